The lowest BCUT2D eigenvalue weighted by Gasteiger charge is -2.32. The smallest absolute Gasteiger partial charge is 0.0527 e. The maximum Gasteiger partial charge on any atom is 0.0527 e. The molecule has 3 atom stereocenters. The van der Waals surface area contributed by atoms with E-state index >= 15 is 0 Å². The van der Waals surface area contributed by atoms with E-state index in [1.807, 2.05) is 6.92 Å². The Balaban J connectivity index is 3.82. The van der Waals surface area contributed by atoms with E-state index in [1.54, 1.807) is 0 Å². The van der Waals surface area contributed by atoms with E-state index in [0.29, 0.717) is 6.04 Å². The van der Waals surface area contributed by atoms with Gasteiger partial charge in [-0.2, -0.15) is 0 Å². The van der Waals surface area contributed by atoms with Gasteiger partial charge in [-0.15, -0.1) is 11.6 Å². The molecule has 0 saturated heterocycles. The third kappa shape index (κ3) is 13.5. The highest BCUT2D eigenvalue weighted by Crippen LogP contribution is 2.21. The molecule has 0 aromatic heterocycles. The average molecular weight is 362 g/mol. The first-order valence-electron chi connectivity index (χ1n) is 10.6. The molecule has 2 nitrogen and oxygen atoms in total. The van der Waals surface area contributed by atoms with Crippen molar-refractivity contribution in [2.24, 2.45) is 0 Å². The number of hydrogen-bond acceptors (Lipinski definition) is 2. The highest BCUT2D eigenvalue weighted by Gasteiger charge is 2.21. The van der Waals surface area contributed by atoms with Crippen LogP contribution in [0.3, 0.4) is 0 Å². The van der Waals surface area contributed by atoms with Gasteiger partial charge in [0, 0.05) is 11.4 Å². The summed E-state index contributed by atoms with van der Waals surface area (Å²) in [5, 5.41) is 10.0. The van der Waals surface area contributed by atoms with E-state index in [4.69, 9.17) is 11.6 Å². The van der Waals surface area contributed by atoms with Gasteiger partial charge in [0.25, 0.3) is 0 Å². The van der Waals surface area contributed by atoms with Gasteiger partial charge in [-0.1, -0.05) is 78.6 Å². The molecule has 0 spiro atoms. The Morgan fingerprint density at radius 2 is 1.29 bits per heavy atom. The Labute approximate surface area is 157 Å². The summed E-state index contributed by atoms with van der Waals surface area (Å²) in [6.45, 7) is 10.6. The number of nitrogens with zero attached hydrogens (tertiary/aromatic N) is 1. The van der Waals surface area contributed by atoms with Gasteiger partial charge in [0.1, 0.15) is 0 Å². The normalized spacial score (nSPS) is 15.6. The maximum atomic E-state index is 9.76. The molecule has 0 aliphatic heterocycles. The van der Waals surface area contributed by atoms with Gasteiger partial charge >= 0.3 is 0 Å². The van der Waals surface area contributed by atoms with Gasteiger partial charge in [-0.3, -0.25) is 0 Å². The van der Waals surface area contributed by atoms with Crippen LogP contribution in [-0.2, 0) is 0 Å². The second-order valence-electron chi connectivity index (χ2n) is 7.41. The number of hydrogen-bond donors (Lipinski definition) is 1. The van der Waals surface area contributed by atoms with Crippen LogP contribution in [0, 0.1) is 0 Å². The first-order chi connectivity index (χ1) is 11.5. The zero-order chi connectivity index (χ0) is 18.2. The minimum Gasteiger partial charge on any atom is -0.393 e. The highest BCUT2D eigenvalue weighted by molar-refractivity contribution is 6.20. The number of alkyl halides is 1. The third-order valence-electron chi connectivity index (χ3n) is 5.09. The third-order valence-corrected chi connectivity index (χ3v) is 5.49. The van der Waals surface area contributed by atoms with Crippen LogP contribution in [0.1, 0.15) is 105 Å². The predicted molar refractivity (Wildman–Crippen MR) is 109 cm³/mol. The van der Waals surface area contributed by atoms with Crippen molar-refractivity contribution in [3.63, 3.8) is 0 Å². The number of halogens is 1. The molecule has 0 rings (SSSR count). The standard InChI is InChI=1S/C21H44ClNO/c1-5-8-9-10-11-12-13-14-15-16-20(22)18-21(17-19(4)24)23(6-2)7-3/h19-21,24H,5-18H2,1-4H3. The number of aliphatic hydroxyl groups is 1. The summed E-state index contributed by atoms with van der Waals surface area (Å²) in [6, 6.07) is 0.418. The summed E-state index contributed by atoms with van der Waals surface area (Å²) >= 11 is 6.61. The topological polar surface area (TPSA) is 23.5 Å². The number of unbranched alkanes of at least 4 members (excludes halogenated alkanes) is 8. The van der Waals surface area contributed by atoms with Crippen LogP contribution in [0.15, 0.2) is 0 Å². The van der Waals surface area contributed by atoms with Crippen molar-refractivity contribution in [1.29, 1.82) is 0 Å². The molecule has 0 aromatic rings. The van der Waals surface area contributed by atoms with E-state index in [1.165, 1.54) is 57.8 Å². The first kappa shape index (κ1) is 24.2. The zero-order valence-corrected chi connectivity index (χ0v) is 17.7. The van der Waals surface area contributed by atoms with E-state index in [2.05, 4.69) is 25.7 Å². The molecule has 0 amide bonds. The molecule has 3 unspecified atom stereocenters. The second-order valence-corrected chi connectivity index (χ2v) is 8.03. The summed E-state index contributed by atoms with van der Waals surface area (Å²) < 4.78 is 0. The molecular weight excluding hydrogens is 318 g/mol. The van der Waals surface area contributed by atoms with E-state index in [-0.39, 0.29) is 11.5 Å². The summed E-state index contributed by atoms with van der Waals surface area (Å²) in [6.07, 6.45) is 15.0. The molecule has 0 aromatic carbocycles. The maximum absolute atomic E-state index is 9.76. The summed E-state index contributed by atoms with van der Waals surface area (Å²) in [5.74, 6) is 0. The fourth-order valence-corrected chi connectivity index (χ4v) is 3.98. The van der Waals surface area contributed by atoms with Crippen molar-refractivity contribution in [2.45, 2.75) is 122 Å². The molecule has 0 fully saturated rings. The molecule has 0 aliphatic rings. The summed E-state index contributed by atoms with van der Waals surface area (Å²) in [5.41, 5.74) is 0. The largest absolute Gasteiger partial charge is 0.393 e. The van der Waals surface area contributed by atoms with Crippen LogP contribution in [0.4, 0.5) is 0 Å². The molecule has 24 heavy (non-hydrogen) atoms. The van der Waals surface area contributed by atoms with E-state index in [9.17, 15) is 5.11 Å². The van der Waals surface area contributed by atoms with Crippen LogP contribution in [0.2, 0.25) is 0 Å². The monoisotopic (exact) mass is 361 g/mol. The molecule has 0 radical (unpaired) electrons. The fraction of sp³-hybridized carbons (Fsp3) is 1.00. The SMILES string of the molecule is CCCCCCCCCCCC(Cl)CC(CC(C)O)N(CC)CC. The molecule has 146 valence electrons. The minimum absolute atomic E-state index is 0.243. The van der Waals surface area contributed by atoms with Gasteiger partial charge in [0.2, 0.25) is 0 Å². The van der Waals surface area contributed by atoms with Crippen molar-refractivity contribution in [1.82, 2.24) is 4.90 Å². The molecule has 3 heteroatoms. The van der Waals surface area contributed by atoms with Crippen molar-refractivity contribution < 1.29 is 5.11 Å². The predicted octanol–water partition coefficient (Wildman–Crippen LogP) is 6.39. The average Bonchev–Trinajstić information content (AvgIpc) is 2.53. The lowest BCUT2D eigenvalue weighted by Crippen LogP contribution is -2.38. The van der Waals surface area contributed by atoms with Crippen molar-refractivity contribution in [3.8, 4) is 0 Å². The summed E-state index contributed by atoms with van der Waals surface area (Å²) in [4.78, 5) is 2.44. The molecule has 0 saturated carbocycles. The Morgan fingerprint density at radius 1 is 0.792 bits per heavy atom. The van der Waals surface area contributed by atoms with Crippen LogP contribution >= 0.6 is 11.6 Å². The summed E-state index contributed by atoms with van der Waals surface area (Å²) in [7, 11) is 0. The fourth-order valence-electron chi connectivity index (χ4n) is 3.62. The first-order valence-corrected chi connectivity index (χ1v) is 11.0. The van der Waals surface area contributed by atoms with E-state index < -0.39 is 0 Å². The lowest BCUT2D eigenvalue weighted by molar-refractivity contribution is 0.112. The van der Waals surface area contributed by atoms with Gasteiger partial charge < -0.3 is 10.0 Å². The molecule has 0 heterocycles. The van der Waals surface area contributed by atoms with Crippen LogP contribution in [-0.4, -0.2) is 40.6 Å². The number of aliphatic hydroxyl groups excluding tert-OH is 1. The van der Waals surface area contributed by atoms with Crippen LogP contribution in [0.5, 0.6) is 0 Å². The Morgan fingerprint density at radius 3 is 1.75 bits per heavy atom. The van der Waals surface area contributed by atoms with Crippen molar-refractivity contribution >= 4 is 11.6 Å². The highest BCUT2D eigenvalue weighted by atomic mass is 35.5. The van der Waals surface area contributed by atoms with Gasteiger partial charge in [0.15, 0.2) is 0 Å². The van der Waals surface area contributed by atoms with E-state index in [0.717, 1.165) is 32.4 Å². The van der Waals surface area contributed by atoms with Gasteiger partial charge in [0.05, 0.1) is 6.10 Å². The Kier molecular flexibility index (Phi) is 16.8. The number of rotatable bonds is 17. The van der Waals surface area contributed by atoms with Crippen LogP contribution in [0.25, 0.3) is 0 Å². The zero-order valence-electron chi connectivity index (χ0n) is 16.9. The quantitative estimate of drug-likeness (QED) is 0.240. The Bertz CT molecular complexity index is 256. The molecular formula is C21H44ClNO. The van der Waals surface area contributed by atoms with Crippen LogP contribution < -0.4 is 0 Å². The second kappa shape index (κ2) is 16.7. The van der Waals surface area contributed by atoms with Gasteiger partial charge in [-0.25, -0.2) is 0 Å². The minimum atomic E-state index is -0.243. The lowest BCUT2D eigenvalue weighted by atomic mass is 9.99. The Hall–Kier alpha value is 0.210. The van der Waals surface area contributed by atoms with Crippen molar-refractivity contribution in [3.05, 3.63) is 0 Å². The van der Waals surface area contributed by atoms with Crippen molar-refractivity contribution in [2.75, 3.05) is 13.1 Å². The molecule has 0 aliphatic carbocycles. The van der Waals surface area contributed by atoms with Gasteiger partial charge in [-0.05, 0) is 39.3 Å². The molecule has 0 bridgehead atoms. The molecule has 1 N–H and O–H groups in total.